The molecule has 27 heavy (non-hydrogen) atoms. The van der Waals surface area contributed by atoms with Crippen LogP contribution in [0.4, 0.5) is 10.1 Å². The Morgan fingerprint density at radius 2 is 2.04 bits per heavy atom. The van der Waals surface area contributed by atoms with E-state index in [4.69, 9.17) is 11.6 Å². The Morgan fingerprint density at radius 1 is 1.19 bits per heavy atom. The summed E-state index contributed by atoms with van der Waals surface area (Å²) in [5, 5.41) is 3.73. The molecule has 4 aromatic rings. The van der Waals surface area contributed by atoms with Crippen LogP contribution < -0.4 is 5.32 Å². The fraction of sp³-hybridized carbons (Fsp3) is 0.0500. The second kappa shape index (κ2) is 7.06. The summed E-state index contributed by atoms with van der Waals surface area (Å²) >= 11 is 7.47. The first-order chi connectivity index (χ1) is 13.0. The number of aromatic nitrogens is 2. The maximum atomic E-state index is 13.2. The smallest absolute Gasteiger partial charge is 0.257 e. The van der Waals surface area contributed by atoms with Crippen LogP contribution in [0, 0.1) is 12.7 Å². The number of nitrogens with zero attached hydrogens (tertiary/aromatic N) is 2. The second-order valence-electron chi connectivity index (χ2n) is 5.95. The van der Waals surface area contributed by atoms with E-state index in [9.17, 15) is 9.18 Å². The van der Waals surface area contributed by atoms with Crippen molar-refractivity contribution in [2.75, 3.05) is 5.32 Å². The van der Waals surface area contributed by atoms with E-state index in [0.717, 1.165) is 32.5 Å². The number of aryl methyl sites for hydroxylation is 1. The van der Waals surface area contributed by atoms with E-state index in [1.54, 1.807) is 6.20 Å². The van der Waals surface area contributed by atoms with Crippen molar-refractivity contribution in [3.63, 3.8) is 0 Å². The van der Waals surface area contributed by atoms with Crippen molar-refractivity contribution in [3.05, 3.63) is 76.7 Å². The number of benzene rings is 2. The van der Waals surface area contributed by atoms with Gasteiger partial charge in [-0.3, -0.25) is 4.79 Å². The minimum absolute atomic E-state index is 0.0681. The lowest BCUT2D eigenvalue weighted by Gasteiger charge is -2.11. The molecule has 0 spiro atoms. The zero-order chi connectivity index (χ0) is 19.0. The number of carbonyl (C=O) groups is 1. The summed E-state index contributed by atoms with van der Waals surface area (Å²) < 4.78 is 13.2. The van der Waals surface area contributed by atoms with Gasteiger partial charge in [-0.15, -0.1) is 0 Å². The predicted molar refractivity (Wildman–Crippen MR) is 107 cm³/mol. The molecule has 0 bridgehead atoms. The molecule has 0 aliphatic heterocycles. The van der Waals surface area contributed by atoms with E-state index in [-0.39, 0.29) is 10.6 Å². The molecule has 0 atom stereocenters. The zero-order valence-electron chi connectivity index (χ0n) is 14.2. The minimum atomic E-state index is -0.487. The van der Waals surface area contributed by atoms with Gasteiger partial charge in [-0.05, 0) is 48.9 Å². The van der Waals surface area contributed by atoms with Crippen molar-refractivity contribution >= 4 is 44.9 Å². The molecule has 7 heteroatoms. The van der Waals surface area contributed by atoms with Crippen molar-refractivity contribution in [2.24, 2.45) is 0 Å². The summed E-state index contributed by atoms with van der Waals surface area (Å²) in [6.45, 7) is 1.89. The van der Waals surface area contributed by atoms with Gasteiger partial charge >= 0.3 is 0 Å². The van der Waals surface area contributed by atoms with Gasteiger partial charge in [-0.2, -0.15) is 0 Å². The highest BCUT2D eigenvalue weighted by Crippen LogP contribution is 2.31. The van der Waals surface area contributed by atoms with Gasteiger partial charge in [0.2, 0.25) is 0 Å². The van der Waals surface area contributed by atoms with Gasteiger partial charge < -0.3 is 5.32 Å². The number of rotatable bonds is 3. The first kappa shape index (κ1) is 17.6. The van der Waals surface area contributed by atoms with Crippen LogP contribution in [0.5, 0.6) is 0 Å². The summed E-state index contributed by atoms with van der Waals surface area (Å²) in [6, 6.07) is 13.2. The Hall–Kier alpha value is -2.83. The minimum Gasteiger partial charge on any atom is -0.322 e. The third kappa shape index (κ3) is 3.54. The summed E-state index contributed by atoms with van der Waals surface area (Å²) in [5.41, 5.74) is 3.47. The number of halogens is 2. The highest BCUT2D eigenvalue weighted by molar-refractivity contribution is 7.21. The van der Waals surface area contributed by atoms with E-state index in [0.29, 0.717) is 5.69 Å². The molecule has 2 aromatic heterocycles. The third-order valence-electron chi connectivity index (χ3n) is 4.07. The highest BCUT2D eigenvalue weighted by Gasteiger charge is 2.14. The number of anilines is 1. The number of fused-ring (bicyclic) bond motifs is 1. The van der Waals surface area contributed by atoms with Crippen LogP contribution >= 0.6 is 22.9 Å². The fourth-order valence-electron chi connectivity index (χ4n) is 2.65. The number of carbonyl (C=O) groups excluding carboxylic acids is 1. The molecule has 0 unspecified atom stereocenters. The van der Waals surface area contributed by atoms with Gasteiger partial charge in [-0.25, -0.2) is 14.4 Å². The third-order valence-corrected chi connectivity index (χ3v) is 5.42. The molecule has 134 valence electrons. The normalized spacial score (nSPS) is 10.9. The van der Waals surface area contributed by atoms with Crippen LogP contribution in [0.3, 0.4) is 0 Å². The van der Waals surface area contributed by atoms with Gasteiger partial charge in [0.05, 0.1) is 10.6 Å². The van der Waals surface area contributed by atoms with Gasteiger partial charge in [0.1, 0.15) is 21.2 Å². The Kier molecular flexibility index (Phi) is 4.59. The average molecular weight is 398 g/mol. The van der Waals surface area contributed by atoms with Gasteiger partial charge in [0.15, 0.2) is 0 Å². The first-order valence-corrected chi connectivity index (χ1v) is 9.30. The maximum Gasteiger partial charge on any atom is 0.257 e. The van der Waals surface area contributed by atoms with E-state index in [1.165, 1.54) is 23.5 Å². The van der Waals surface area contributed by atoms with Crippen molar-refractivity contribution in [3.8, 4) is 10.6 Å². The summed E-state index contributed by atoms with van der Waals surface area (Å²) in [6.07, 6.45) is 1.73. The Bertz CT molecular complexity index is 1140. The fourth-order valence-corrected chi connectivity index (χ4v) is 3.80. The van der Waals surface area contributed by atoms with E-state index >= 15 is 0 Å². The summed E-state index contributed by atoms with van der Waals surface area (Å²) in [5.74, 6) is -0.884. The van der Waals surface area contributed by atoms with Crippen molar-refractivity contribution in [2.45, 2.75) is 6.92 Å². The standard InChI is InChI=1S/C20H13ClFN3OS/c1-11-4-5-12(19-25-16-3-2-8-23-20(16)27-19)9-17(11)24-18(26)14-7-6-13(22)10-15(14)21/h2-10H,1H3,(H,24,26). The molecule has 1 amide bonds. The van der Waals surface area contributed by atoms with Crippen LogP contribution in [-0.4, -0.2) is 15.9 Å². The quantitative estimate of drug-likeness (QED) is 0.481. The van der Waals surface area contributed by atoms with Crippen LogP contribution in [-0.2, 0) is 0 Å². The molecule has 1 N–H and O–H groups in total. The molecule has 0 saturated carbocycles. The molecule has 0 aliphatic carbocycles. The Labute approximate surface area is 163 Å². The number of thiazole rings is 1. The maximum absolute atomic E-state index is 13.2. The first-order valence-electron chi connectivity index (χ1n) is 8.10. The van der Waals surface area contributed by atoms with Crippen LogP contribution in [0.1, 0.15) is 15.9 Å². The van der Waals surface area contributed by atoms with Gasteiger partial charge in [0, 0.05) is 17.4 Å². The molecule has 0 fully saturated rings. The molecular formula is C20H13ClFN3OS. The zero-order valence-corrected chi connectivity index (χ0v) is 15.7. The SMILES string of the molecule is Cc1ccc(-c2nc3cccnc3s2)cc1NC(=O)c1ccc(F)cc1Cl. The number of pyridine rings is 1. The molecule has 2 heterocycles. The molecule has 0 aliphatic rings. The summed E-state index contributed by atoms with van der Waals surface area (Å²) in [7, 11) is 0. The molecule has 4 nitrogen and oxygen atoms in total. The largest absolute Gasteiger partial charge is 0.322 e. The lowest BCUT2D eigenvalue weighted by Crippen LogP contribution is -2.13. The van der Waals surface area contributed by atoms with Crippen molar-refractivity contribution < 1.29 is 9.18 Å². The van der Waals surface area contributed by atoms with E-state index in [2.05, 4.69) is 15.3 Å². The Morgan fingerprint density at radius 3 is 2.81 bits per heavy atom. The lowest BCUT2D eigenvalue weighted by atomic mass is 10.1. The lowest BCUT2D eigenvalue weighted by molar-refractivity contribution is 0.102. The van der Waals surface area contributed by atoms with Gasteiger partial charge in [-0.1, -0.05) is 35.1 Å². The number of hydrogen-bond acceptors (Lipinski definition) is 4. The van der Waals surface area contributed by atoms with Crippen LogP contribution in [0.2, 0.25) is 5.02 Å². The van der Waals surface area contributed by atoms with Crippen LogP contribution in [0.25, 0.3) is 20.9 Å². The van der Waals surface area contributed by atoms with Crippen molar-refractivity contribution in [1.29, 1.82) is 0 Å². The van der Waals surface area contributed by atoms with Gasteiger partial charge in [0.25, 0.3) is 5.91 Å². The highest BCUT2D eigenvalue weighted by atomic mass is 35.5. The molecular weight excluding hydrogens is 385 g/mol. The molecule has 0 radical (unpaired) electrons. The van der Waals surface area contributed by atoms with E-state index in [1.807, 2.05) is 37.3 Å². The van der Waals surface area contributed by atoms with Crippen molar-refractivity contribution in [1.82, 2.24) is 9.97 Å². The Balaban J connectivity index is 1.67. The monoisotopic (exact) mass is 397 g/mol. The van der Waals surface area contributed by atoms with Crippen LogP contribution in [0.15, 0.2) is 54.7 Å². The topological polar surface area (TPSA) is 54.9 Å². The second-order valence-corrected chi connectivity index (χ2v) is 7.34. The number of amides is 1. The average Bonchev–Trinajstić information content (AvgIpc) is 3.07. The molecule has 4 rings (SSSR count). The molecule has 0 saturated heterocycles. The molecule has 2 aromatic carbocycles. The number of hydrogen-bond donors (Lipinski definition) is 1. The number of nitrogens with one attached hydrogen (secondary N) is 1. The van der Waals surface area contributed by atoms with E-state index < -0.39 is 11.7 Å². The summed E-state index contributed by atoms with van der Waals surface area (Å²) in [4.78, 5) is 22.3. The predicted octanol–water partition coefficient (Wildman–Crippen LogP) is 5.71.